The molecule has 28 heavy (non-hydrogen) atoms. The first-order chi connectivity index (χ1) is 13.5. The van der Waals surface area contributed by atoms with Gasteiger partial charge in [-0.1, -0.05) is 44.2 Å². The highest BCUT2D eigenvalue weighted by atomic mass is 16.5. The fourth-order valence-corrected chi connectivity index (χ4v) is 3.02. The Morgan fingerprint density at radius 1 is 0.929 bits per heavy atom. The Bertz CT molecular complexity index is 800. The monoisotopic (exact) mass is 381 g/mol. The van der Waals surface area contributed by atoms with Gasteiger partial charge in [0.05, 0.1) is 12.3 Å². The molecule has 1 aliphatic heterocycles. The van der Waals surface area contributed by atoms with Gasteiger partial charge in [0, 0.05) is 31.7 Å². The van der Waals surface area contributed by atoms with Crippen LogP contribution >= 0.6 is 0 Å². The van der Waals surface area contributed by atoms with Gasteiger partial charge in [-0.05, 0) is 30.2 Å². The zero-order valence-corrected chi connectivity index (χ0v) is 16.4. The number of anilines is 1. The summed E-state index contributed by atoms with van der Waals surface area (Å²) in [7, 11) is 0. The van der Waals surface area contributed by atoms with Gasteiger partial charge in [-0.3, -0.25) is 4.79 Å². The Kier molecular flexibility index (Phi) is 6.53. The summed E-state index contributed by atoms with van der Waals surface area (Å²) in [5, 5.41) is 2.94. The average Bonchev–Trinajstić information content (AvgIpc) is 2.73. The van der Waals surface area contributed by atoms with Gasteiger partial charge in [-0.15, -0.1) is 0 Å². The van der Waals surface area contributed by atoms with E-state index in [1.807, 2.05) is 54.6 Å². The molecule has 0 unspecified atom stereocenters. The average molecular weight is 381 g/mol. The van der Waals surface area contributed by atoms with Crippen LogP contribution in [-0.4, -0.2) is 54.5 Å². The van der Waals surface area contributed by atoms with Gasteiger partial charge < -0.3 is 19.9 Å². The SMILES string of the molecule is CC(C)COc1ccccc1NC(=O)N1CCN(C(=O)c2ccccc2)CC1. The fraction of sp³-hybridized carbons (Fsp3) is 0.364. The van der Waals surface area contributed by atoms with Gasteiger partial charge in [0.1, 0.15) is 5.75 Å². The molecule has 148 valence electrons. The van der Waals surface area contributed by atoms with Crippen LogP contribution in [0.4, 0.5) is 10.5 Å². The maximum atomic E-state index is 12.7. The van der Waals surface area contributed by atoms with Gasteiger partial charge >= 0.3 is 6.03 Å². The third-order valence-electron chi connectivity index (χ3n) is 4.58. The number of carbonyl (C=O) groups excluding carboxylic acids is 2. The van der Waals surface area contributed by atoms with Gasteiger partial charge in [0.25, 0.3) is 5.91 Å². The number of nitrogens with zero attached hydrogens (tertiary/aromatic N) is 2. The van der Waals surface area contributed by atoms with Crippen LogP contribution in [0.15, 0.2) is 54.6 Å². The van der Waals surface area contributed by atoms with E-state index in [-0.39, 0.29) is 11.9 Å². The molecule has 1 aliphatic rings. The molecule has 6 nitrogen and oxygen atoms in total. The molecule has 0 saturated carbocycles. The maximum absolute atomic E-state index is 12.7. The van der Waals surface area contributed by atoms with E-state index < -0.39 is 0 Å². The molecule has 3 rings (SSSR count). The number of benzene rings is 2. The number of carbonyl (C=O) groups is 2. The number of piperazine rings is 1. The lowest BCUT2D eigenvalue weighted by Gasteiger charge is -2.34. The smallest absolute Gasteiger partial charge is 0.322 e. The highest BCUT2D eigenvalue weighted by molar-refractivity contribution is 5.95. The first kappa shape index (κ1) is 19.7. The van der Waals surface area contributed by atoms with Crippen molar-refractivity contribution < 1.29 is 14.3 Å². The highest BCUT2D eigenvalue weighted by Crippen LogP contribution is 2.25. The van der Waals surface area contributed by atoms with E-state index in [9.17, 15) is 9.59 Å². The van der Waals surface area contributed by atoms with Crippen molar-refractivity contribution in [2.75, 3.05) is 38.1 Å². The molecule has 0 spiro atoms. The van der Waals surface area contributed by atoms with Crippen molar-refractivity contribution in [3.8, 4) is 5.75 Å². The molecule has 2 aromatic rings. The Labute approximate surface area is 166 Å². The van der Waals surface area contributed by atoms with Crippen molar-refractivity contribution in [3.63, 3.8) is 0 Å². The number of amides is 3. The van der Waals surface area contributed by atoms with E-state index in [0.717, 1.165) is 0 Å². The molecule has 0 aliphatic carbocycles. The van der Waals surface area contributed by atoms with Crippen molar-refractivity contribution in [1.82, 2.24) is 9.80 Å². The maximum Gasteiger partial charge on any atom is 0.322 e. The predicted octanol–water partition coefficient (Wildman–Crippen LogP) is 3.71. The van der Waals surface area contributed by atoms with Crippen molar-refractivity contribution >= 4 is 17.6 Å². The molecule has 1 saturated heterocycles. The number of urea groups is 1. The topological polar surface area (TPSA) is 61.9 Å². The minimum absolute atomic E-state index is 0.00749. The van der Waals surface area contributed by atoms with E-state index in [4.69, 9.17) is 4.74 Å². The van der Waals surface area contributed by atoms with Crippen LogP contribution in [-0.2, 0) is 0 Å². The van der Waals surface area contributed by atoms with Crippen LogP contribution in [0.5, 0.6) is 5.75 Å². The minimum atomic E-state index is -0.174. The molecular formula is C22H27N3O3. The van der Waals surface area contributed by atoms with Crippen LogP contribution in [0, 0.1) is 5.92 Å². The minimum Gasteiger partial charge on any atom is -0.491 e. The number of rotatable bonds is 5. The standard InChI is InChI=1S/C22H27N3O3/c1-17(2)16-28-20-11-7-6-10-19(20)23-22(27)25-14-12-24(13-15-25)21(26)18-8-4-3-5-9-18/h3-11,17H,12-16H2,1-2H3,(H,23,27). The largest absolute Gasteiger partial charge is 0.491 e. The Morgan fingerprint density at radius 2 is 1.54 bits per heavy atom. The van der Waals surface area contributed by atoms with Crippen molar-refractivity contribution in [3.05, 3.63) is 60.2 Å². The van der Waals surface area contributed by atoms with Crippen molar-refractivity contribution in [1.29, 1.82) is 0 Å². The summed E-state index contributed by atoms with van der Waals surface area (Å²) in [5.74, 6) is 1.08. The van der Waals surface area contributed by atoms with Crippen LogP contribution in [0.2, 0.25) is 0 Å². The molecule has 0 atom stereocenters. The van der Waals surface area contributed by atoms with Crippen molar-refractivity contribution in [2.24, 2.45) is 5.92 Å². The lowest BCUT2D eigenvalue weighted by Crippen LogP contribution is -2.51. The second-order valence-corrected chi connectivity index (χ2v) is 7.28. The second kappa shape index (κ2) is 9.26. The molecular weight excluding hydrogens is 354 g/mol. The van der Waals surface area contributed by atoms with E-state index >= 15 is 0 Å². The zero-order valence-electron chi connectivity index (χ0n) is 16.4. The normalized spacial score (nSPS) is 14.1. The molecule has 0 aromatic heterocycles. The number of ether oxygens (including phenoxy) is 1. The van der Waals surface area contributed by atoms with Crippen LogP contribution < -0.4 is 10.1 Å². The molecule has 0 bridgehead atoms. The van der Waals surface area contributed by atoms with Gasteiger partial charge in [0.2, 0.25) is 0 Å². The van der Waals surface area contributed by atoms with E-state index in [1.165, 1.54) is 0 Å². The molecule has 1 fully saturated rings. The summed E-state index contributed by atoms with van der Waals surface area (Å²) < 4.78 is 5.80. The number of nitrogens with one attached hydrogen (secondary N) is 1. The third kappa shape index (κ3) is 5.03. The first-order valence-electron chi connectivity index (χ1n) is 9.66. The Balaban J connectivity index is 1.55. The molecule has 1 heterocycles. The van der Waals surface area contributed by atoms with Crippen molar-refractivity contribution in [2.45, 2.75) is 13.8 Å². The highest BCUT2D eigenvalue weighted by Gasteiger charge is 2.25. The first-order valence-corrected chi connectivity index (χ1v) is 9.66. The lowest BCUT2D eigenvalue weighted by molar-refractivity contribution is 0.0671. The van der Waals surface area contributed by atoms with Gasteiger partial charge in [0.15, 0.2) is 0 Å². The summed E-state index contributed by atoms with van der Waals surface area (Å²) in [6.45, 7) is 6.79. The number of hydrogen-bond donors (Lipinski definition) is 1. The van der Waals surface area contributed by atoms with Gasteiger partial charge in [-0.25, -0.2) is 4.79 Å². The summed E-state index contributed by atoms with van der Waals surface area (Å²) in [6, 6.07) is 16.5. The summed E-state index contributed by atoms with van der Waals surface area (Å²) in [5.41, 5.74) is 1.34. The number of hydrogen-bond acceptors (Lipinski definition) is 3. The predicted molar refractivity (Wildman–Crippen MR) is 110 cm³/mol. The number of para-hydroxylation sites is 2. The van der Waals surface area contributed by atoms with Crippen LogP contribution in [0.25, 0.3) is 0 Å². The van der Waals surface area contributed by atoms with Crippen LogP contribution in [0.1, 0.15) is 24.2 Å². The fourth-order valence-electron chi connectivity index (χ4n) is 3.02. The van der Waals surface area contributed by atoms with Gasteiger partial charge in [-0.2, -0.15) is 0 Å². The Hall–Kier alpha value is -3.02. The summed E-state index contributed by atoms with van der Waals surface area (Å²) >= 11 is 0. The van der Waals surface area contributed by atoms with Crippen LogP contribution in [0.3, 0.4) is 0 Å². The Morgan fingerprint density at radius 3 is 2.21 bits per heavy atom. The molecule has 0 radical (unpaired) electrons. The lowest BCUT2D eigenvalue weighted by atomic mass is 10.2. The molecule has 3 amide bonds. The second-order valence-electron chi connectivity index (χ2n) is 7.28. The molecule has 1 N–H and O–H groups in total. The zero-order chi connectivity index (χ0) is 19.9. The van der Waals surface area contributed by atoms with E-state index in [0.29, 0.717) is 55.7 Å². The molecule has 2 aromatic carbocycles. The summed E-state index contributed by atoms with van der Waals surface area (Å²) in [6.07, 6.45) is 0. The third-order valence-corrected chi connectivity index (χ3v) is 4.58. The van der Waals surface area contributed by atoms with E-state index in [1.54, 1.807) is 9.80 Å². The molecule has 6 heteroatoms. The van der Waals surface area contributed by atoms with E-state index in [2.05, 4.69) is 19.2 Å². The quantitative estimate of drug-likeness (QED) is 0.859. The summed E-state index contributed by atoms with van der Waals surface area (Å²) in [4.78, 5) is 28.7.